The van der Waals surface area contributed by atoms with E-state index >= 15 is 0 Å². The van der Waals surface area contributed by atoms with Crippen LogP contribution >= 0.6 is 0 Å². The van der Waals surface area contributed by atoms with Gasteiger partial charge in [0.15, 0.2) is 0 Å². The Balaban J connectivity index is 1.54. The second-order valence-corrected chi connectivity index (χ2v) is 9.77. The van der Waals surface area contributed by atoms with Crippen LogP contribution in [0.2, 0.25) is 0 Å². The molecule has 7 heteroatoms. The molecule has 0 fully saturated rings. The number of carbonyl (C=O) groups is 1. The smallest absolute Gasteiger partial charge is 0.308 e. The van der Waals surface area contributed by atoms with Gasteiger partial charge in [-0.25, -0.2) is 13.9 Å². The number of carbonyl (C=O) groups excluding carboxylic acids is 1. The molecule has 0 saturated heterocycles. The molecule has 0 saturated carbocycles. The summed E-state index contributed by atoms with van der Waals surface area (Å²) < 4.78 is 18.5. The number of hydrogen-bond acceptors (Lipinski definition) is 2. The van der Waals surface area contributed by atoms with E-state index in [0.29, 0.717) is 12.1 Å². The highest BCUT2D eigenvalue weighted by atomic mass is 19.1. The van der Waals surface area contributed by atoms with E-state index in [-0.39, 0.29) is 11.8 Å². The number of amides is 2. The predicted octanol–water partition coefficient (Wildman–Crippen LogP) is 6.86. The molecular weight excluding hydrogens is 477 g/mol. The van der Waals surface area contributed by atoms with E-state index in [1.54, 1.807) is 11.0 Å². The van der Waals surface area contributed by atoms with Crippen LogP contribution in [0.3, 0.4) is 0 Å². The SMILES string of the molecule is Cc1ccc(NC(=O)N2Cc3c(C)nn(-c4ccccc4)c3-n3cccc3[C@H]2c2cccc(F)c2)c(C)c1. The van der Waals surface area contributed by atoms with E-state index in [9.17, 15) is 9.18 Å². The molecule has 0 bridgehead atoms. The Kier molecular flexibility index (Phi) is 5.83. The first-order valence-electron chi connectivity index (χ1n) is 12.6. The molecule has 5 aromatic rings. The molecule has 6 rings (SSSR count). The topological polar surface area (TPSA) is 55.1 Å². The maximum Gasteiger partial charge on any atom is 0.322 e. The maximum atomic E-state index is 14.5. The second-order valence-electron chi connectivity index (χ2n) is 9.77. The van der Waals surface area contributed by atoms with E-state index in [1.165, 1.54) is 12.1 Å². The van der Waals surface area contributed by atoms with Gasteiger partial charge in [0.1, 0.15) is 11.6 Å². The Morgan fingerprint density at radius 3 is 2.53 bits per heavy atom. The van der Waals surface area contributed by atoms with Gasteiger partial charge in [0, 0.05) is 17.4 Å². The van der Waals surface area contributed by atoms with Crippen molar-refractivity contribution in [3.63, 3.8) is 0 Å². The lowest BCUT2D eigenvalue weighted by Gasteiger charge is -2.31. The molecule has 1 aliphatic heterocycles. The van der Waals surface area contributed by atoms with E-state index in [4.69, 9.17) is 5.10 Å². The van der Waals surface area contributed by atoms with Gasteiger partial charge in [-0.1, -0.05) is 48.0 Å². The molecule has 0 spiro atoms. The molecule has 0 unspecified atom stereocenters. The number of fused-ring (bicyclic) bond motifs is 3. The summed E-state index contributed by atoms with van der Waals surface area (Å²) in [6, 6.07) is 25.5. The molecule has 3 heterocycles. The fourth-order valence-corrected chi connectivity index (χ4v) is 5.32. The van der Waals surface area contributed by atoms with E-state index in [2.05, 4.69) is 9.88 Å². The lowest BCUT2D eigenvalue weighted by Crippen LogP contribution is -2.38. The molecule has 3 aromatic carbocycles. The molecule has 0 aliphatic carbocycles. The number of urea groups is 1. The van der Waals surface area contributed by atoms with Crippen LogP contribution in [0.15, 0.2) is 91.1 Å². The third-order valence-corrected chi connectivity index (χ3v) is 7.14. The number of hydrogen-bond donors (Lipinski definition) is 1. The van der Waals surface area contributed by atoms with Crippen LogP contribution in [0.5, 0.6) is 0 Å². The number of aryl methyl sites for hydroxylation is 3. The highest BCUT2D eigenvalue weighted by Gasteiger charge is 2.36. The Morgan fingerprint density at radius 1 is 0.947 bits per heavy atom. The summed E-state index contributed by atoms with van der Waals surface area (Å²) in [6.45, 7) is 6.26. The molecule has 1 N–H and O–H groups in total. The number of para-hydroxylation sites is 1. The summed E-state index contributed by atoms with van der Waals surface area (Å²) in [4.78, 5) is 15.8. The lowest BCUT2D eigenvalue weighted by molar-refractivity contribution is 0.194. The normalized spacial score (nSPS) is 14.5. The van der Waals surface area contributed by atoms with E-state index in [1.807, 2.05) is 98.4 Å². The minimum absolute atomic E-state index is 0.265. The molecule has 2 amide bonds. The Bertz CT molecular complexity index is 1650. The van der Waals surface area contributed by atoms with E-state index < -0.39 is 6.04 Å². The van der Waals surface area contributed by atoms with Gasteiger partial charge < -0.3 is 14.8 Å². The van der Waals surface area contributed by atoms with Gasteiger partial charge in [-0.15, -0.1) is 0 Å². The Morgan fingerprint density at radius 2 is 1.76 bits per heavy atom. The molecule has 38 heavy (non-hydrogen) atoms. The molecule has 6 nitrogen and oxygen atoms in total. The molecule has 1 aliphatic rings. The summed E-state index contributed by atoms with van der Waals surface area (Å²) in [7, 11) is 0. The minimum atomic E-state index is -0.525. The zero-order valence-electron chi connectivity index (χ0n) is 21.5. The quantitative estimate of drug-likeness (QED) is 0.291. The molecule has 1 atom stereocenters. The standard InChI is InChI=1S/C31H28FN5O/c1-20-14-15-27(21(2)17-20)33-31(38)36-19-26-22(3)34-37(25-11-5-4-6-12-25)30(26)35-16-8-13-28(35)29(36)23-9-7-10-24(32)18-23/h4-18,29H,19H2,1-3H3,(H,33,38)/t29-/m1/s1. The van der Waals surface area contributed by atoms with Gasteiger partial charge in [0.05, 0.1) is 29.7 Å². The van der Waals surface area contributed by atoms with Gasteiger partial charge in [-0.2, -0.15) is 5.10 Å². The van der Waals surface area contributed by atoms with Crippen LogP contribution in [0.1, 0.15) is 39.7 Å². The summed E-state index contributed by atoms with van der Waals surface area (Å²) >= 11 is 0. The number of benzene rings is 3. The van der Waals surface area contributed by atoms with E-state index in [0.717, 1.165) is 45.3 Å². The van der Waals surface area contributed by atoms with Crippen LogP contribution in [-0.2, 0) is 6.54 Å². The zero-order valence-corrected chi connectivity index (χ0v) is 21.5. The zero-order chi connectivity index (χ0) is 26.4. The average Bonchev–Trinajstić information content (AvgIpc) is 3.46. The van der Waals surface area contributed by atoms with Crippen molar-refractivity contribution in [2.75, 3.05) is 5.32 Å². The van der Waals surface area contributed by atoms with Gasteiger partial charge in [0.2, 0.25) is 0 Å². The van der Waals surface area contributed by atoms with Crippen molar-refractivity contribution < 1.29 is 9.18 Å². The minimum Gasteiger partial charge on any atom is -0.308 e. The first kappa shape index (κ1) is 23.7. The first-order chi connectivity index (χ1) is 18.4. The van der Waals surface area contributed by atoms with Gasteiger partial charge >= 0.3 is 6.03 Å². The van der Waals surface area contributed by atoms with Gasteiger partial charge in [-0.05, 0) is 74.4 Å². The lowest BCUT2D eigenvalue weighted by atomic mass is 10.0. The number of halogens is 1. The van der Waals surface area contributed by atoms with Crippen molar-refractivity contribution in [3.8, 4) is 11.5 Å². The second kappa shape index (κ2) is 9.34. The van der Waals surface area contributed by atoms with Crippen LogP contribution in [0, 0.1) is 26.6 Å². The average molecular weight is 506 g/mol. The van der Waals surface area contributed by atoms with Crippen LogP contribution in [-0.4, -0.2) is 25.3 Å². The monoisotopic (exact) mass is 505 g/mol. The van der Waals surface area contributed by atoms with Crippen molar-refractivity contribution in [1.29, 1.82) is 0 Å². The van der Waals surface area contributed by atoms with Gasteiger partial charge in [0.25, 0.3) is 0 Å². The van der Waals surface area contributed by atoms with Crippen molar-refractivity contribution >= 4 is 11.7 Å². The van der Waals surface area contributed by atoms with Crippen LogP contribution < -0.4 is 5.32 Å². The number of nitrogens with one attached hydrogen (secondary N) is 1. The van der Waals surface area contributed by atoms with Crippen molar-refractivity contribution in [2.45, 2.75) is 33.4 Å². The van der Waals surface area contributed by atoms with Crippen molar-refractivity contribution in [3.05, 3.63) is 131 Å². The van der Waals surface area contributed by atoms with Crippen molar-refractivity contribution in [1.82, 2.24) is 19.2 Å². The third-order valence-electron chi connectivity index (χ3n) is 7.14. The number of anilines is 1. The predicted molar refractivity (Wildman–Crippen MR) is 146 cm³/mol. The molecular formula is C31H28FN5O. The van der Waals surface area contributed by atoms with Gasteiger partial charge in [-0.3, -0.25) is 0 Å². The largest absolute Gasteiger partial charge is 0.322 e. The molecule has 0 radical (unpaired) electrons. The third kappa shape index (κ3) is 4.06. The maximum absolute atomic E-state index is 14.5. The fourth-order valence-electron chi connectivity index (χ4n) is 5.32. The van der Waals surface area contributed by atoms with Crippen LogP contribution in [0.4, 0.5) is 14.9 Å². The first-order valence-corrected chi connectivity index (χ1v) is 12.6. The number of rotatable bonds is 3. The number of nitrogens with zero attached hydrogens (tertiary/aromatic N) is 4. The fraction of sp³-hybridized carbons (Fsp3) is 0.161. The summed E-state index contributed by atoms with van der Waals surface area (Å²) in [5, 5.41) is 7.99. The Labute approximate surface area is 221 Å². The van der Waals surface area contributed by atoms with Crippen molar-refractivity contribution in [2.24, 2.45) is 0 Å². The molecule has 190 valence electrons. The van der Waals surface area contributed by atoms with Crippen LogP contribution in [0.25, 0.3) is 11.5 Å². The highest BCUT2D eigenvalue weighted by Crippen LogP contribution is 2.39. The summed E-state index contributed by atoms with van der Waals surface area (Å²) in [5.41, 5.74) is 7.08. The Hall–Kier alpha value is -4.65. The summed E-state index contributed by atoms with van der Waals surface area (Å²) in [6.07, 6.45) is 1.98. The number of aromatic nitrogens is 3. The molecule has 2 aromatic heterocycles. The highest BCUT2D eigenvalue weighted by molar-refractivity contribution is 5.91. The summed E-state index contributed by atoms with van der Waals surface area (Å²) in [5.74, 6) is 0.528.